The molecule has 0 aliphatic heterocycles. The van der Waals surface area contributed by atoms with E-state index in [1.165, 1.54) is 0 Å². The van der Waals surface area contributed by atoms with Crippen molar-refractivity contribution in [3.63, 3.8) is 0 Å². The van der Waals surface area contributed by atoms with Crippen LogP contribution in [0.4, 0.5) is 0 Å². The fourth-order valence-electron chi connectivity index (χ4n) is 1.90. The summed E-state index contributed by atoms with van der Waals surface area (Å²) < 4.78 is 0. The maximum Gasteiger partial charge on any atom is 0.115 e. The summed E-state index contributed by atoms with van der Waals surface area (Å²) in [7, 11) is 0. The summed E-state index contributed by atoms with van der Waals surface area (Å²) in [4.78, 5) is 0. The van der Waals surface area contributed by atoms with Crippen LogP contribution in [0.2, 0.25) is 0 Å². The molecule has 0 aliphatic rings. The van der Waals surface area contributed by atoms with Crippen LogP contribution in [0, 0.1) is 0 Å². The van der Waals surface area contributed by atoms with Crippen LogP contribution in [0.5, 0.6) is 5.75 Å². The lowest BCUT2D eigenvalue weighted by atomic mass is 10.0. The van der Waals surface area contributed by atoms with Crippen LogP contribution in [-0.2, 0) is 0 Å². The van der Waals surface area contributed by atoms with E-state index >= 15 is 0 Å². The van der Waals surface area contributed by atoms with E-state index in [1.54, 1.807) is 12.1 Å². The van der Waals surface area contributed by atoms with Crippen molar-refractivity contribution >= 4 is 12.7 Å². The Morgan fingerprint density at radius 3 is 2.32 bits per heavy atom. The lowest BCUT2D eigenvalue weighted by Crippen LogP contribution is -2.22. The van der Waals surface area contributed by atoms with E-state index in [9.17, 15) is 5.11 Å². The van der Waals surface area contributed by atoms with Gasteiger partial charge >= 0.3 is 0 Å². The molecular formula is C18H18O. The average molecular weight is 250 g/mol. The van der Waals surface area contributed by atoms with E-state index in [-0.39, 0.29) is 5.75 Å². The first-order valence-electron chi connectivity index (χ1n) is 6.38. The monoisotopic (exact) mass is 250 g/mol. The van der Waals surface area contributed by atoms with Crippen LogP contribution >= 0.6 is 0 Å². The largest absolute Gasteiger partial charge is 0.508 e. The van der Waals surface area contributed by atoms with Crippen LogP contribution in [0.1, 0.15) is 13.3 Å². The lowest BCUT2D eigenvalue weighted by molar-refractivity contribution is 0.475. The van der Waals surface area contributed by atoms with Gasteiger partial charge in [0, 0.05) is 0 Å². The second-order valence-electron chi connectivity index (χ2n) is 4.62. The summed E-state index contributed by atoms with van der Waals surface area (Å²) in [6, 6.07) is 13.4. The number of phenols is 1. The number of rotatable bonds is 3. The van der Waals surface area contributed by atoms with Crippen LogP contribution in [0.25, 0.3) is 23.8 Å². The van der Waals surface area contributed by atoms with E-state index in [0.29, 0.717) is 0 Å². The summed E-state index contributed by atoms with van der Waals surface area (Å²) in [6.45, 7) is 10.2. The first-order chi connectivity index (χ1) is 9.10. The lowest BCUT2D eigenvalue weighted by Gasteiger charge is -2.02. The minimum atomic E-state index is 0.280. The molecule has 0 spiro atoms. The van der Waals surface area contributed by atoms with E-state index < -0.39 is 0 Å². The van der Waals surface area contributed by atoms with Crippen molar-refractivity contribution in [1.29, 1.82) is 0 Å². The molecular weight excluding hydrogens is 232 g/mol. The Morgan fingerprint density at radius 1 is 1.11 bits per heavy atom. The molecule has 0 aromatic heterocycles. The second kappa shape index (κ2) is 5.57. The Bertz CT molecular complexity index is 693. The first-order valence-corrected chi connectivity index (χ1v) is 6.38. The van der Waals surface area contributed by atoms with Gasteiger partial charge in [0.2, 0.25) is 0 Å². The molecule has 0 unspecified atom stereocenters. The molecule has 2 aromatic carbocycles. The predicted molar refractivity (Wildman–Crippen MR) is 82.2 cm³/mol. The number of hydrogen-bond acceptors (Lipinski definition) is 1. The fourth-order valence-corrected chi connectivity index (χ4v) is 1.90. The summed E-state index contributed by atoms with van der Waals surface area (Å²) in [6.07, 6.45) is 3.02. The van der Waals surface area contributed by atoms with Gasteiger partial charge in [-0.3, -0.25) is 0 Å². The molecule has 19 heavy (non-hydrogen) atoms. The van der Waals surface area contributed by atoms with Crippen LogP contribution in [0.15, 0.2) is 54.6 Å². The summed E-state index contributed by atoms with van der Waals surface area (Å²) in [5, 5.41) is 11.4. The number of phenolic OH excluding ortho intramolecular Hbond substituents is 1. The Morgan fingerprint density at radius 2 is 1.74 bits per heavy atom. The Labute approximate surface area is 113 Å². The Kier molecular flexibility index (Phi) is 3.86. The molecule has 0 radical (unpaired) electrons. The Balaban J connectivity index is 2.45. The van der Waals surface area contributed by atoms with Gasteiger partial charge in [0.05, 0.1) is 0 Å². The van der Waals surface area contributed by atoms with Crippen molar-refractivity contribution in [2.24, 2.45) is 0 Å². The zero-order valence-corrected chi connectivity index (χ0v) is 11.2. The summed E-state index contributed by atoms with van der Waals surface area (Å²) in [5.74, 6) is 0.280. The van der Waals surface area contributed by atoms with Gasteiger partial charge in [0.15, 0.2) is 0 Å². The number of aromatic hydroxyl groups is 1. The van der Waals surface area contributed by atoms with Crippen molar-refractivity contribution in [1.82, 2.24) is 0 Å². The van der Waals surface area contributed by atoms with Gasteiger partial charge in [-0.25, -0.2) is 0 Å². The number of allylic oxidation sites excluding steroid dienone is 1. The standard InChI is InChI=1S/C18H18O/c1-4-13(2)11-16-5-6-17(12-14(16)3)15-7-9-18(19)10-8-15/h5-12,19H,2-4H2,1H3/b16-11-. The topological polar surface area (TPSA) is 20.2 Å². The van der Waals surface area contributed by atoms with Crippen LogP contribution in [-0.4, -0.2) is 5.11 Å². The van der Waals surface area contributed by atoms with Gasteiger partial charge in [-0.05, 0) is 46.2 Å². The highest BCUT2D eigenvalue weighted by molar-refractivity contribution is 5.64. The zero-order valence-electron chi connectivity index (χ0n) is 11.2. The van der Waals surface area contributed by atoms with Crippen molar-refractivity contribution in [3.05, 3.63) is 65.1 Å². The summed E-state index contributed by atoms with van der Waals surface area (Å²) in [5.41, 5.74) is 3.27. The van der Waals surface area contributed by atoms with Gasteiger partial charge in [0.25, 0.3) is 0 Å². The molecule has 1 N–H and O–H groups in total. The van der Waals surface area contributed by atoms with Crippen molar-refractivity contribution in [2.75, 3.05) is 0 Å². The number of benzene rings is 2. The minimum Gasteiger partial charge on any atom is -0.508 e. The highest BCUT2D eigenvalue weighted by atomic mass is 16.3. The average Bonchev–Trinajstić information content (AvgIpc) is 2.41. The molecule has 2 rings (SSSR count). The van der Waals surface area contributed by atoms with Crippen molar-refractivity contribution in [2.45, 2.75) is 13.3 Å². The van der Waals surface area contributed by atoms with E-state index in [2.05, 4.69) is 44.4 Å². The maximum atomic E-state index is 9.30. The molecule has 0 saturated carbocycles. The maximum absolute atomic E-state index is 9.30. The molecule has 1 heteroatoms. The third kappa shape index (κ3) is 3.14. The highest BCUT2D eigenvalue weighted by Crippen LogP contribution is 2.19. The third-order valence-electron chi connectivity index (χ3n) is 3.16. The molecule has 0 fully saturated rings. The molecule has 0 bridgehead atoms. The van der Waals surface area contributed by atoms with Gasteiger partial charge in [-0.2, -0.15) is 0 Å². The van der Waals surface area contributed by atoms with Gasteiger partial charge in [-0.1, -0.05) is 56.0 Å². The van der Waals surface area contributed by atoms with E-state index in [1.807, 2.05) is 12.1 Å². The van der Waals surface area contributed by atoms with Crippen molar-refractivity contribution in [3.8, 4) is 16.9 Å². The van der Waals surface area contributed by atoms with E-state index in [4.69, 9.17) is 0 Å². The first kappa shape index (κ1) is 13.2. The van der Waals surface area contributed by atoms with Gasteiger partial charge in [0.1, 0.15) is 5.75 Å². The molecule has 2 aromatic rings. The molecule has 0 amide bonds. The zero-order chi connectivity index (χ0) is 13.8. The molecule has 0 atom stereocenters. The van der Waals surface area contributed by atoms with Gasteiger partial charge < -0.3 is 5.11 Å². The highest BCUT2D eigenvalue weighted by Gasteiger charge is 1.97. The number of hydrogen-bond donors (Lipinski definition) is 1. The molecule has 0 saturated heterocycles. The summed E-state index contributed by atoms with van der Waals surface area (Å²) >= 11 is 0. The Hall–Kier alpha value is -2.28. The third-order valence-corrected chi connectivity index (χ3v) is 3.16. The van der Waals surface area contributed by atoms with E-state index in [0.717, 1.165) is 33.6 Å². The molecule has 0 aliphatic carbocycles. The van der Waals surface area contributed by atoms with Gasteiger partial charge in [-0.15, -0.1) is 0 Å². The fraction of sp³-hybridized carbons (Fsp3) is 0.111. The molecule has 0 heterocycles. The quantitative estimate of drug-likeness (QED) is 0.887. The molecule has 1 nitrogen and oxygen atoms in total. The molecule has 96 valence electrons. The van der Waals surface area contributed by atoms with Crippen LogP contribution in [0.3, 0.4) is 0 Å². The predicted octanol–water partition coefficient (Wildman–Crippen LogP) is 3.22. The second-order valence-corrected chi connectivity index (χ2v) is 4.62. The van der Waals surface area contributed by atoms with Crippen LogP contribution < -0.4 is 10.4 Å². The van der Waals surface area contributed by atoms with Crippen molar-refractivity contribution < 1.29 is 5.11 Å². The smallest absolute Gasteiger partial charge is 0.115 e. The SMILES string of the molecule is C=C(/C=c1/ccc(-c2ccc(O)cc2)cc1=C)CC. The minimum absolute atomic E-state index is 0.280. The normalized spacial score (nSPS) is 11.5.